The summed E-state index contributed by atoms with van der Waals surface area (Å²) in [5, 5.41) is 21.8. The monoisotopic (exact) mass is 464 g/mol. The van der Waals surface area contributed by atoms with Crippen LogP contribution in [0.4, 0.5) is 0 Å². The molecule has 0 saturated carbocycles. The molecule has 0 aliphatic carbocycles. The molecule has 1 saturated heterocycles. The lowest BCUT2D eigenvalue weighted by Crippen LogP contribution is -2.33. The Hall–Kier alpha value is -2.28. The molecule has 4 heterocycles. The normalized spacial score (nSPS) is 24.4. The quantitative estimate of drug-likeness (QED) is 0.318. The highest BCUT2D eigenvalue weighted by Crippen LogP contribution is 2.39. The standard InChI is InChI=1S/C18H17N4O7PS/c23-15-10(6-28-30(25,26)27)29-18(16(15)24)22-8-21-14-13(19-7-20-17(14)22)12-5-9-3-1-2-4-11(9)31-12/h1-5,7-8,10,15-16,18,23-24H,6H2,(H2,25,26,27)/t10-,15-,16-,18-/m1/s1. The Morgan fingerprint density at radius 3 is 2.74 bits per heavy atom. The second-order valence-electron chi connectivity index (χ2n) is 7.03. The number of nitrogens with zero attached hydrogens (tertiary/aromatic N) is 4. The Bertz CT molecular complexity index is 1270. The molecule has 0 amide bonds. The number of hydrogen-bond donors (Lipinski definition) is 4. The van der Waals surface area contributed by atoms with Gasteiger partial charge in [-0.25, -0.2) is 19.5 Å². The highest BCUT2D eigenvalue weighted by atomic mass is 32.1. The van der Waals surface area contributed by atoms with Crippen LogP contribution in [0.15, 0.2) is 43.0 Å². The SMILES string of the molecule is O=P(O)(O)OC[C@H]1O[C@@H](n2cnc3c(-c4cc5ccccc5s4)ncnc32)[C@H](O)[C@@H]1O. The first-order valence-corrected chi connectivity index (χ1v) is 11.5. The zero-order valence-corrected chi connectivity index (χ0v) is 17.4. The van der Waals surface area contributed by atoms with Gasteiger partial charge in [-0.3, -0.25) is 9.09 Å². The van der Waals surface area contributed by atoms with Crippen LogP contribution in [0.1, 0.15) is 6.23 Å². The molecule has 162 valence electrons. The molecule has 11 nitrogen and oxygen atoms in total. The third-order valence-corrected chi connectivity index (χ3v) is 6.64. The number of thiophene rings is 1. The maximum absolute atomic E-state index is 10.9. The Morgan fingerprint density at radius 2 is 1.97 bits per heavy atom. The zero-order chi connectivity index (χ0) is 21.8. The number of aliphatic hydroxyl groups is 2. The van der Waals surface area contributed by atoms with Gasteiger partial charge >= 0.3 is 7.82 Å². The van der Waals surface area contributed by atoms with E-state index in [0.29, 0.717) is 16.9 Å². The summed E-state index contributed by atoms with van der Waals surface area (Å²) in [6, 6.07) is 9.96. The number of ether oxygens (including phenoxy) is 1. The van der Waals surface area contributed by atoms with Crippen LogP contribution in [0.5, 0.6) is 0 Å². The fourth-order valence-corrected chi connectivity index (χ4v) is 4.99. The molecule has 1 aromatic carbocycles. The molecule has 0 bridgehead atoms. The van der Waals surface area contributed by atoms with Crippen molar-refractivity contribution in [2.45, 2.75) is 24.5 Å². The van der Waals surface area contributed by atoms with E-state index >= 15 is 0 Å². The van der Waals surface area contributed by atoms with Crippen molar-refractivity contribution in [1.82, 2.24) is 19.5 Å². The van der Waals surface area contributed by atoms with E-state index in [0.717, 1.165) is 15.0 Å². The number of fused-ring (bicyclic) bond motifs is 2. The second kappa shape index (κ2) is 7.69. The Labute approximate surface area is 178 Å². The minimum absolute atomic E-state index is 0.385. The first-order valence-electron chi connectivity index (χ1n) is 9.20. The van der Waals surface area contributed by atoms with Gasteiger partial charge in [0, 0.05) is 4.70 Å². The van der Waals surface area contributed by atoms with Crippen LogP contribution in [0.25, 0.3) is 31.8 Å². The van der Waals surface area contributed by atoms with E-state index in [4.69, 9.17) is 14.5 Å². The molecule has 0 spiro atoms. The summed E-state index contributed by atoms with van der Waals surface area (Å²) in [7, 11) is -4.75. The van der Waals surface area contributed by atoms with E-state index in [1.165, 1.54) is 17.2 Å². The number of hydrogen-bond acceptors (Lipinski definition) is 9. The van der Waals surface area contributed by atoms with Crippen LogP contribution in [0.2, 0.25) is 0 Å². The van der Waals surface area contributed by atoms with E-state index in [2.05, 4.69) is 19.5 Å². The molecule has 4 aromatic rings. The molecule has 0 radical (unpaired) electrons. The van der Waals surface area contributed by atoms with Crippen LogP contribution in [0, 0.1) is 0 Å². The first-order chi connectivity index (χ1) is 14.8. The zero-order valence-electron chi connectivity index (χ0n) is 15.7. The summed E-state index contributed by atoms with van der Waals surface area (Å²) < 4.78 is 23.5. The Morgan fingerprint density at radius 1 is 1.16 bits per heavy atom. The van der Waals surface area contributed by atoms with Gasteiger partial charge in [-0.05, 0) is 17.5 Å². The van der Waals surface area contributed by atoms with Gasteiger partial charge in [0.25, 0.3) is 0 Å². The summed E-state index contributed by atoms with van der Waals surface area (Å²) >= 11 is 1.57. The molecular weight excluding hydrogens is 447 g/mol. The lowest BCUT2D eigenvalue weighted by molar-refractivity contribution is -0.0504. The predicted octanol–water partition coefficient (Wildman–Crippen LogP) is 1.44. The van der Waals surface area contributed by atoms with Gasteiger partial charge in [0.15, 0.2) is 11.9 Å². The van der Waals surface area contributed by atoms with E-state index in [9.17, 15) is 14.8 Å². The largest absolute Gasteiger partial charge is 0.469 e. The molecule has 1 fully saturated rings. The van der Waals surface area contributed by atoms with Crippen LogP contribution in [-0.4, -0.2) is 64.4 Å². The topological polar surface area (TPSA) is 160 Å². The molecule has 1 aliphatic rings. The van der Waals surface area contributed by atoms with Crippen LogP contribution < -0.4 is 0 Å². The predicted molar refractivity (Wildman–Crippen MR) is 110 cm³/mol. The minimum atomic E-state index is -4.75. The number of phosphoric ester groups is 1. The number of aromatic nitrogens is 4. The molecular formula is C18H17N4O7PS. The third-order valence-electron chi connectivity index (χ3n) is 5.04. The van der Waals surface area contributed by atoms with Gasteiger partial charge in [-0.2, -0.15) is 0 Å². The fourth-order valence-electron chi connectivity index (χ4n) is 3.58. The summed E-state index contributed by atoms with van der Waals surface area (Å²) in [6.45, 7) is -0.590. The smallest absolute Gasteiger partial charge is 0.387 e. The van der Waals surface area contributed by atoms with Gasteiger partial charge in [-0.15, -0.1) is 11.3 Å². The summed E-state index contributed by atoms with van der Waals surface area (Å²) in [5.74, 6) is 0. The van der Waals surface area contributed by atoms with E-state index in [1.807, 2.05) is 30.3 Å². The van der Waals surface area contributed by atoms with Crippen LogP contribution >= 0.6 is 19.2 Å². The van der Waals surface area contributed by atoms with Crippen molar-refractivity contribution in [3.05, 3.63) is 43.0 Å². The van der Waals surface area contributed by atoms with E-state index in [1.54, 1.807) is 11.3 Å². The summed E-state index contributed by atoms with van der Waals surface area (Å²) in [5.41, 5.74) is 1.50. The summed E-state index contributed by atoms with van der Waals surface area (Å²) in [6.07, 6.45) is -2.22. The van der Waals surface area contributed by atoms with Gasteiger partial charge in [-0.1, -0.05) is 18.2 Å². The van der Waals surface area contributed by atoms with E-state index < -0.39 is 39.0 Å². The van der Waals surface area contributed by atoms with Gasteiger partial charge in [0.2, 0.25) is 0 Å². The average Bonchev–Trinajstić information content (AvgIpc) is 3.42. The molecule has 4 N–H and O–H groups in total. The lowest BCUT2D eigenvalue weighted by atomic mass is 10.1. The van der Waals surface area contributed by atoms with Crippen molar-refractivity contribution >= 4 is 40.4 Å². The first kappa shape index (κ1) is 20.6. The van der Waals surface area contributed by atoms with Gasteiger partial charge in [0.1, 0.15) is 35.8 Å². The number of phosphoric acid groups is 1. The highest BCUT2D eigenvalue weighted by Gasteiger charge is 2.45. The second-order valence-corrected chi connectivity index (χ2v) is 9.35. The molecule has 13 heteroatoms. The molecule has 31 heavy (non-hydrogen) atoms. The Balaban J connectivity index is 1.49. The number of rotatable bonds is 5. The molecule has 5 rings (SSSR count). The maximum atomic E-state index is 10.9. The van der Waals surface area contributed by atoms with Crippen molar-refractivity contribution in [3.8, 4) is 10.6 Å². The van der Waals surface area contributed by atoms with Crippen molar-refractivity contribution in [3.63, 3.8) is 0 Å². The van der Waals surface area contributed by atoms with E-state index in [-0.39, 0.29) is 0 Å². The molecule has 3 aromatic heterocycles. The average molecular weight is 464 g/mol. The number of benzene rings is 1. The lowest BCUT2D eigenvalue weighted by Gasteiger charge is -2.16. The molecule has 0 unspecified atom stereocenters. The third kappa shape index (κ3) is 3.77. The number of aliphatic hydroxyl groups excluding tert-OH is 2. The van der Waals surface area contributed by atoms with Crippen molar-refractivity contribution < 1.29 is 33.8 Å². The van der Waals surface area contributed by atoms with Crippen molar-refractivity contribution in [2.75, 3.05) is 6.61 Å². The Kier molecular flexibility index (Phi) is 5.12. The van der Waals surface area contributed by atoms with Gasteiger partial charge < -0.3 is 24.7 Å². The van der Waals surface area contributed by atoms with Crippen LogP contribution in [0.3, 0.4) is 0 Å². The highest BCUT2D eigenvalue weighted by molar-refractivity contribution is 7.46. The minimum Gasteiger partial charge on any atom is -0.387 e. The van der Waals surface area contributed by atoms with Crippen molar-refractivity contribution in [1.29, 1.82) is 0 Å². The molecule has 4 atom stereocenters. The summed E-state index contributed by atoms with van der Waals surface area (Å²) in [4.78, 5) is 31.7. The fraction of sp³-hybridized carbons (Fsp3) is 0.278. The number of imidazole rings is 1. The molecule has 1 aliphatic heterocycles. The van der Waals surface area contributed by atoms with Crippen molar-refractivity contribution in [2.24, 2.45) is 0 Å². The maximum Gasteiger partial charge on any atom is 0.469 e. The van der Waals surface area contributed by atoms with Gasteiger partial charge in [0.05, 0.1) is 17.8 Å². The van der Waals surface area contributed by atoms with Crippen LogP contribution in [-0.2, 0) is 13.8 Å².